The zero-order valence-electron chi connectivity index (χ0n) is 12.2. The Hall–Kier alpha value is -2.87. The van der Waals surface area contributed by atoms with Crippen molar-refractivity contribution in [1.82, 2.24) is 4.57 Å². The van der Waals surface area contributed by atoms with Crippen LogP contribution in [-0.4, -0.2) is 10.5 Å². The number of hydrogen-bond acceptors (Lipinski definition) is 3. The molecule has 22 heavy (non-hydrogen) atoms. The quantitative estimate of drug-likeness (QED) is 0.832. The first-order chi connectivity index (χ1) is 10.7. The number of aryl methyl sites for hydroxylation is 1. The van der Waals surface area contributed by atoms with Crippen LogP contribution >= 0.6 is 0 Å². The van der Waals surface area contributed by atoms with Crippen LogP contribution in [0.2, 0.25) is 0 Å². The number of hydrogen-bond donors (Lipinski definition) is 1. The Morgan fingerprint density at radius 3 is 2.82 bits per heavy atom. The van der Waals surface area contributed by atoms with Gasteiger partial charge in [-0.3, -0.25) is 9.59 Å². The number of aromatic nitrogens is 1. The lowest BCUT2D eigenvalue weighted by Gasteiger charge is -2.06. The third-order valence-corrected chi connectivity index (χ3v) is 3.23. The topological polar surface area (TPSA) is 74.9 Å². The second-order valence-corrected chi connectivity index (χ2v) is 4.93. The first-order valence-corrected chi connectivity index (χ1v) is 7.14. The molecule has 112 valence electrons. The van der Waals surface area contributed by atoms with Crippen molar-refractivity contribution in [3.05, 3.63) is 64.6 Å². The Bertz CT molecular complexity index is 744. The van der Waals surface area contributed by atoms with E-state index in [1.165, 1.54) is 6.07 Å². The van der Waals surface area contributed by atoms with Crippen molar-refractivity contribution in [3.8, 4) is 6.07 Å². The van der Waals surface area contributed by atoms with E-state index in [9.17, 15) is 9.59 Å². The Labute approximate surface area is 128 Å². The summed E-state index contributed by atoms with van der Waals surface area (Å²) in [5.74, 6) is -0.0875. The van der Waals surface area contributed by atoms with Crippen LogP contribution in [0.25, 0.3) is 0 Å². The molecule has 5 heteroatoms. The summed E-state index contributed by atoms with van der Waals surface area (Å²) in [7, 11) is 0. The van der Waals surface area contributed by atoms with Crippen LogP contribution in [-0.2, 0) is 11.3 Å². The van der Waals surface area contributed by atoms with Crippen LogP contribution in [0.3, 0.4) is 0 Å². The van der Waals surface area contributed by atoms with Crippen LogP contribution in [0.15, 0.2) is 53.5 Å². The molecule has 1 aromatic heterocycles. The highest BCUT2D eigenvalue weighted by Gasteiger charge is 2.03. The van der Waals surface area contributed by atoms with E-state index >= 15 is 0 Å². The van der Waals surface area contributed by atoms with E-state index in [-0.39, 0.29) is 11.5 Å². The Kier molecular flexibility index (Phi) is 5.50. The number of nitrogens with one attached hydrogen (secondary N) is 1. The van der Waals surface area contributed by atoms with Crippen LogP contribution < -0.4 is 10.9 Å². The molecule has 1 aromatic carbocycles. The SMILES string of the molecule is N#Cc1cccc(NC(=O)CCCCn2ccccc2=O)c1. The van der Waals surface area contributed by atoms with Gasteiger partial charge >= 0.3 is 0 Å². The lowest BCUT2D eigenvalue weighted by Crippen LogP contribution is -2.18. The van der Waals surface area contributed by atoms with E-state index in [2.05, 4.69) is 5.32 Å². The first-order valence-electron chi connectivity index (χ1n) is 7.14. The summed E-state index contributed by atoms with van der Waals surface area (Å²) in [5.41, 5.74) is 1.12. The van der Waals surface area contributed by atoms with Gasteiger partial charge in [0.25, 0.3) is 0 Å². The Balaban J connectivity index is 1.75. The molecule has 5 nitrogen and oxygen atoms in total. The fourth-order valence-corrected chi connectivity index (χ4v) is 2.10. The van der Waals surface area contributed by atoms with Gasteiger partial charge in [-0.2, -0.15) is 5.26 Å². The van der Waals surface area contributed by atoms with Crippen molar-refractivity contribution in [1.29, 1.82) is 5.26 Å². The smallest absolute Gasteiger partial charge is 0.250 e. The summed E-state index contributed by atoms with van der Waals surface area (Å²) in [6.45, 7) is 0.608. The highest BCUT2D eigenvalue weighted by atomic mass is 16.1. The van der Waals surface area contributed by atoms with Gasteiger partial charge in [0.05, 0.1) is 11.6 Å². The van der Waals surface area contributed by atoms with Gasteiger partial charge in [0.15, 0.2) is 0 Å². The van der Waals surface area contributed by atoms with Crippen molar-refractivity contribution < 1.29 is 4.79 Å². The molecule has 2 aromatic rings. The highest BCUT2D eigenvalue weighted by molar-refractivity contribution is 5.90. The summed E-state index contributed by atoms with van der Waals surface area (Å²) in [5, 5.41) is 11.6. The molecule has 0 bridgehead atoms. The minimum Gasteiger partial charge on any atom is -0.326 e. The number of benzene rings is 1. The molecule has 2 rings (SSSR count). The number of amides is 1. The van der Waals surface area contributed by atoms with Gasteiger partial charge in [-0.1, -0.05) is 12.1 Å². The van der Waals surface area contributed by atoms with Gasteiger partial charge in [0.2, 0.25) is 11.5 Å². The van der Waals surface area contributed by atoms with Crippen molar-refractivity contribution in [2.75, 3.05) is 5.32 Å². The molecule has 1 N–H and O–H groups in total. The van der Waals surface area contributed by atoms with Crippen LogP contribution in [0.5, 0.6) is 0 Å². The molecule has 0 saturated carbocycles. The third-order valence-electron chi connectivity index (χ3n) is 3.23. The maximum absolute atomic E-state index is 11.8. The van der Waals surface area contributed by atoms with Gasteiger partial charge in [0, 0.05) is 30.9 Å². The number of anilines is 1. The number of carbonyl (C=O) groups excluding carboxylic acids is 1. The number of unbranched alkanes of at least 4 members (excludes halogenated alkanes) is 1. The number of nitrogens with zero attached hydrogens (tertiary/aromatic N) is 2. The predicted octanol–water partition coefficient (Wildman–Crippen LogP) is 2.53. The van der Waals surface area contributed by atoms with Gasteiger partial charge < -0.3 is 9.88 Å². The normalized spacial score (nSPS) is 9.95. The highest BCUT2D eigenvalue weighted by Crippen LogP contribution is 2.10. The van der Waals surface area contributed by atoms with Crippen LogP contribution in [0.1, 0.15) is 24.8 Å². The summed E-state index contributed by atoms with van der Waals surface area (Å²) in [6.07, 6.45) is 3.59. The average molecular weight is 295 g/mol. The molecule has 1 heterocycles. The van der Waals surface area contributed by atoms with E-state index in [0.29, 0.717) is 30.6 Å². The molecule has 0 spiro atoms. The monoisotopic (exact) mass is 295 g/mol. The largest absolute Gasteiger partial charge is 0.326 e. The maximum Gasteiger partial charge on any atom is 0.250 e. The summed E-state index contributed by atoms with van der Waals surface area (Å²) >= 11 is 0. The number of rotatable bonds is 6. The summed E-state index contributed by atoms with van der Waals surface area (Å²) in [4.78, 5) is 23.3. The Morgan fingerprint density at radius 1 is 1.18 bits per heavy atom. The van der Waals surface area contributed by atoms with E-state index < -0.39 is 0 Å². The predicted molar refractivity (Wildman–Crippen MR) is 84.3 cm³/mol. The first kappa shape index (κ1) is 15.5. The third kappa shape index (κ3) is 4.60. The summed E-state index contributed by atoms with van der Waals surface area (Å²) < 4.78 is 1.63. The molecule has 0 saturated heterocycles. The lowest BCUT2D eigenvalue weighted by atomic mass is 10.2. The number of nitriles is 1. The summed E-state index contributed by atoms with van der Waals surface area (Å²) in [6, 6.07) is 13.9. The fourth-order valence-electron chi connectivity index (χ4n) is 2.10. The maximum atomic E-state index is 11.8. The van der Waals surface area contributed by atoms with E-state index in [1.54, 1.807) is 41.1 Å². The van der Waals surface area contributed by atoms with Crippen molar-refractivity contribution in [3.63, 3.8) is 0 Å². The molecule has 0 aliphatic heterocycles. The van der Waals surface area contributed by atoms with Crippen molar-refractivity contribution in [2.24, 2.45) is 0 Å². The number of pyridine rings is 1. The van der Waals surface area contributed by atoms with Gasteiger partial charge in [0.1, 0.15) is 0 Å². The van der Waals surface area contributed by atoms with Gasteiger partial charge in [-0.05, 0) is 37.1 Å². The number of carbonyl (C=O) groups is 1. The van der Waals surface area contributed by atoms with Gasteiger partial charge in [-0.15, -0.1) is 0 Å². The molecular weight excluding hydrogens is 278 g/mol. The van der Waals surface area contributed by atoms with Crippen LogP contribution in [0, 0.1) is 11.3 Å². The second-order valence-electron chi connectivity index (χ2n) is 4.93. The zero-order chi connectivity index (χ0) is 15.8. The Morgan fingerprint density at radius 2 is 2.05 bits per heavy atom. The van der Waals surface area contributed by atoms with Crippen molar-refractivity contribution >= 4 is 11.6 Å². The molecule has 0 fully saturated rings. The molecule has 0 aliphatic carbocycles. The molecule has 0 atom stereocenters. The standard InChI is InChI=1S/C17H17N3O2/c18-13-14-6-5-7-15(12-14)19-16(21)8-1-3-10-20-11-4-2-9-17(20)22/h2,4-7,9,11-12H,1,3,8,10H2,(H,19,21). The van der Waals surface area contributed by atoms with Crippen LogP contribution in [0.4, 0.5) is 5.69 Å². The zero-order valence-corrected chi connectivity index (χ0v) is 12.2. The van der Waals surface area contributed by atoms with Gasteiger partial charge in [-0.25, -0.2) is 0 Å². The molecule has 0 unspecified atom stereocenters. The van der Waals surface area contributed by atoms with E-state index in [1.807, 2.05) is 12.1 Å². The minimum atomic E-state index is -0.0875. The second kappa shape index (κ2) is 7.79. The molecule has 0 aliphatic rings. The molecule has 1 amide bonds. The van der Waals surface area contributed by atoms with E-state index in [4.69, 9.17) is 5.26 Å². The molecular formula is C17H17N3O2. The molecule has 0 radical (unpaired) electrons. The minimum absolute atomic E-state index is 0.0275. The fraction of sp³-hybridized carbons (Fsp3) is 0.235. The average Bonchev–Trinajstić information content (AvgIpc) is 2.53. The lowest BCUT2D eigenvalue weighted by molar-refractivity contribution is -0.116. The van der Waals surface area contributed by atoms with Crippen molar-refractivity contribution in [2.45, 2.75) is 25.8 Å². The van der Waals surface area contributed by atoms with E-state index in [0.717, 1.165) is 6.42 Å².